The number of benzene rings is 2. The van der Waals surface area contributed by atoms with Crippen LogP contribution in [0.3, 0.4) is 0 Å². The molecular formula is C25H26N4O3. The molecule has 0 aliphatic carbocycles. The molecule has 1 N–H and O–H groups in total. The van der Waals surface area contributed by atoms with E-state index in [9.17, 15) is 9.59 Å². The SMILES string of the molecule is CCC(C(=O)NCCn1ccn2nc(-c3ccc(OC)cc3)cc2c1=O)c1ccccc1. The van der Waals surface area contributed by atoms with Gasteiger partial charge in [0.2, 0.25) is 5.91 Å². The van der Waals surface area contributed by atoms with E-state index < -0.39 is 0 Å². The molecule has 0 aliphatic rings. The zero-order valence-electron chi connectivity index (χ0n) is 18.2. The number of ether oxygens (including phenoxy) is 1. The van der Waals surface area contributed by atoms with Gasteiger partial charge in [-0.3, -0.25) is 9.59 Å². The van der Waals surface area contributed by atoms with Crippen LogP contribution in [0.4, 0.5) is 0 Å². The molecule has 1 amide bonds. The van der Waals surface area contributed by atoms with Crippen molar-refractivity contribution in [3.05, 3.63) is 89.0 Å². The molecule has 1 unspecified atom stereocenters. The van der Waals surface area contributed by atoms with Crippen molar-refractivity contribution in [1.82, 2.24) is 19.5 Å². The minimum Gasteiger partial charge on any atom is -0.497 e. The molecule has 2 heterocycles. The van der Waals surface area contributed by atoms with Gasteiger partial charge in [0.25, 0.3) is 5.56 Å². The maximum absolute atomic E-state index is 12.9. The first-order valence-corrected chi connectivity index (χ1v) is 10.7. The van der Waals surface area contributed by atoms with Crippen molar-refractivity contribution < 1.29 is 9.53 Å². The van der Waals surface area contributed by atoms with Crippen LogP contribution in [0.5, 0.6) is 5.75 Å². The van der Waals surface area contributed by atoms with Crippen LogP contribution < -0.4 is 15.6 Å². The van der Waals surface area contributed by atoms with Crippen LogP contribution >= 0.6 is 0 Å². The minimum absolute atomic E-state index is 0.0287. The summed E-state index contributed by atoms with van der Waals surface area (Å²) in [6, 6.07) is 19.1. The zero-order chi connectivity index (χ0) is 22.5. The molecule has 0 fully saturated rings. The predicted octanol–water partition coefficient (Wildman–Crippen LogP) is 3.48. The number of fused-ring (bicyclic) bond motifs is 1. The van der Waals surface area contributed by atoms with Gasteiger partial charge in [0.1, 0.15) is 11.3 Å². The Balaban J connectivity index is 1.46. The maximum Gasteiger partial charge on any atom is 0.276 e. The fraction of sp³-hybridized carbons (Fsp3) is 0.240. The highest BCUT2D eigenvalue weighted by molar-refractivity contribution is 5.83. The molecule has 4 aromatic rings. The number of carbonyl (C=O) groups excluding carboxylic acids is 1. The highest BCUT2D eigenvalue weighted by atomic mass is 16.5. The van der Waals surface area contributed by atoms with Crippen LogP contribution in [0.15, 0.2) is 77.9 Å². The van der Waals surface area contributed by atoms with Gasteiger partial charge in [-0.15, -0.1) is 0 Å². The van der Waals surface area contributed by atoms with E-state index in [-0.39, 0.29) is 17.4 Å². The number of nitrogens with zero attached hydrogens (tertiary/aromatic N) is 3. The van der Waals surface area contributed by atoms with E-state index in [0.29, 0.717) is 30.7 Å². The lowest BCUT2D eigenvalue weighted by Crippen LogP contribution is -2.34. The predicted molar refractivity (Wildman–Crippen MR) is 124 cm³/mol. The molecule has 0 aliphatic heterocycles. The van der Waals surface area contributed by atoms with E-state index in [2.05, 4.69) is 10.4 Å². The van der Waals surface area contributed by atoms with Gasteiger partial charge in [-0.2, -0.15) is 5.10 Å². The van der Waals surface area contributed by atoms with Crippen LogP contribution in [0.1, 0.15) is 24.8 Å². The van der Waals surface area contributed by atoms with Crippen molar-refractivity contribution in [3.8, 4) is 17.0 Å². The van der Waals surface area contributed by atoms with E-state index >= 15 is 0 Å². The molecule has 7 heteroatoms. The van der Waals surface area contributed by atoms with Gasteiger partial charge in [-0.05, 0) is 42.3 Å². The van der Waals surface area contributed by atoms with Crippen LogP contribution in [0, 0.1) is 0 Å². The topological polar surface area (TPSA) is 77.6 Å². The summed E-state index contributed by atoms with van der Waals surface area (Å²) >= 11 is 0. The van der Waals surface area contributed by atoms with Crippen molar-refractivity contribution in [2.24, 2.45) is 0 Å². The van der Waals surface area contributed by atoms with Crippen LogP contribution in [-0.4, -0.2) is 33.7 Å². The first-order valence-electron chi connectivity index (χ1n) is 10.7. The van der Waals surface area contributed by atoms with Crippen LogP contribution in [0.25, 0.3) is 16.8 Å². The quantitative estimate of drug-likeness (QED) is 0.464. The molecule has 164 valence electrons. The normalized spacial score (nSPS) is 11.9. The fourth-order valence-electron chi connectivity index (χ4n) is 3.79. The summed E-state index contributed by atoms with van der Waals surface area (Å²) in [6.07, 6.45) is 4.16. The molecule has 0 bridgehead atoms. The summed E-state index contributed by atoms with van der Waals surface area (Å²) < 4.78 is 8.37. The average Bonchev–Trinajstić information content (AvgIpc) is 3.27. The van der Waals surface area contributed by atoms with Crippen molar-refractivity contribution >= 4 is 11.4 Å². The third kappa shape index (κ3) is 4.42. The summed E-state index contributed by atoms with van der Waals surface area (Å²) in [5.74, 6) is 0.538. The third-order valence-electron chi connectivity index (χ3n) is 5.57. The molecule has 0 saturated carbocycles. The number of methoxy groups -OCH3 is 1. The van der Waals surface area contributed by atoms with Gasteiger partial charge in [-0.25, -0.2) is 4.52 Å². The van der Waals surface area contributed by atoms with Crippen molar-refractivity contribution in [3.63, 3.8) is 0 Å². The molecule has 2 aromatic carbocycles. The largest absolute Gasteiger partial charge is 0.497 e. The first kappa shape index (κ1) is 21.4. The van der Waals surface area contributed by atoms with Gasteiger partial charge in [0.15, 0.2) is 0 Å². The molecule has 1 atom stereocenters. The second kappa shape index (κ2) is 9.51. The number of carbonyl (C=O) groups is 1. The Bertz CT molecular complexity index is 1260. The standard InChI is InChI=1S/C25H26N4O3/c1-3-21(18-7-5-4-6-8-18)24(30)26-13-14-28-15-16-29-23(25(28)31)17-22(27-29)19-9-11-20(32-2)12-10-19/h4-12,15-17,21H,3,13-14H2,1-2H3,(H,26,30). The van der Waals surface area contributed by atoms with E-state index in [0.717, 1.165) is 16.9 Å². The van der Waals surface area contributed by atoms with E-state index in [1.54, 1.807) is 34.7 Å². The molecule has 2 aromatic heterocycles. The monoisotopic (exact) mass is 430 g/mol. The Morgan fingerprint density at radius 3 is 2.53 bits per heavy atom. The Hall–Kier alpha value is -3.87. The lowest BCUT2D eigenvalue weighted by molar-refractivity contribution is -0.122. The Morgan fingerprint density at radius 1 is 1.09 bits per heavy atom. The van der Waals surface area contributed by atoms with Crippen molar-refractivity contribution in [2.75, 3.05) is 13.7 Å². The highest BCUT2D eigenvalue weighted by Gasteiger charge is 2.18. The smallest absolute Gasteiger partial charge is 0.276 e. The molecule has 4 rings (SSSR count). The van der Waals surface area contributed by atoms with Gasteiger partial charge in [0.05, 0.1) is 18.7 Å². The maximum atomic E-state index is 12.9. The van der Waals surface area contributed by atoms with Crippen LogP contribution in [-0.2, 0) is 11.3 Å². The summed E-state index contributed by atoms with van der Waals surface area (Å²) in [7, 11) is 1.62. The average molecular weight is 431 g/mol. The summed E-state index contributed by atoms with van der Waals surface area (Å²) in [5.41, 5.74) is 2.95. The summed E-state index contributed by atoms with van der Waals surface area (Å²) in [4.78, 5) is 25.6. The zero-order valence-corrected chi connectivity index (χ0v) is 18.2. The van der Waals surface area contributed by atoms with Gasteiger partial charge < -0.3 is 14.6 Å². The fourth-order valence-corrected chi connectivity index (χ4v) is 3.79. The molecule has 0 saturated heterocycles. The molecule has 0 spiro atoms. The number of hydrogen-bond donors (Lipinski definition) is 1. The lowest BCUT2D eigenvalue weighted by Gasteiger charge is -2.15. The van der Waals surface area contributed by atoms with Gasteiger partial charge in [0, 0.05) is 31.0 Å². The number of amides is 1. The summed E-state index contributed by atoms with van der Waals surface area (Å²) in [6.45, 7) is 2.75. The van der Waals surface area contributed by atoms with E-state index in [1.165, 1.54) is 0 Å². The van der Waals surface area contributed by atoms with E-state index in [4.69, 9.17) is 4.74 Å². The van der Waals surface area contributed by atoms with Crippen molar-refractivity contribution in [1.29, 1.82) is 0 Å². The van der Waals surface area contributed by atoms with Gasteiger partial charge in [-0.1, -0.05) is 37.3 Å². The number of rotatable bonds is 8. The Labute approximate surface area is 186 Å². The Kier molecular flexibility index (Phi) is 6.35. The number of hydrogen-bond acceptors (Lipinski definition) is 4. The van der Waals surface area contributed by atoms with Gasteiger partial charge >= 0.3 is 0 Å². The molecule has 32 heavy (non-hydrogen) atoms. The molecule has 0 radical (unpaired) electrons. The second-order valence-electron chi connectivity index (χ2n) is 7.55. The lowest BCUT2D eigenvalue weighted by atomic mass is 9.96. The molecular weight excluding hydrogens is 404 g/mol. The van der Waals surface area contributed by atoms with Crippen molar-refractivity contribution in [2.45, 2.75) is 25.8 Å². The molecule has 7 nitrogen and oxygen atoms in total. The second-order valence-corrected chi connectivity index (χ2v) is 7.55. The highest BCUT2D eigenvalue weighted by Crippen LogP contribution is 2.22. The summed E-state index contributed by atoms with van der Waals surface area (Å²) in [5, 5.41) is 7.47. The minimum atomic E-state index is -0.197. The number of aromatic nitrogens is 3. The Morgan fingerprint density at radius 2 is 1.84 bits per heavy atom. The first-order chi connectivity index (χ1) is 15.6. The van der Waals surface area contributed by atoms with E-state index in [1.807, 2.05) is 61.5 Å². The van der Waals surface area contributed by atoms with Crippen LogP contribution in [0.2, 0.25) is 0 Å². The third-order valence-corrected chi connectivity index (χ3v) is 5.57. The number of nitrogens with one attached hydrogen (secondary N) is 1.